The van der Waals surface area contributed by atoms with Gasteiger partial charge in [0.15, 0.2) is 0 Å². The number of nitrogens with one attached hydrogen (secondary N) is 1. The van der Waals surface area contributed by atoms with Gasteiger partial charge in [0, 0.05) is 6.04 Å². The minimum absolute atomic E-state index is 0.354. The van der Waals surface area contributed by atoms with Crippen molar-refractivity contribution >= 4 is 5.97 Å². The molecule has 0 aliphatic carbocycles. The van der Waals surface area contributed by atoms with Crippen LogP contribution in [-0.2, 0) is 4.79 Å². The Bertz CT molecular complexity index is 231. The lowest BCUT2D eigenvalue weighted by molar-refractivity contribution is -0.145. The first-order chi connectivity index (χ1) is 7.54. The molecule has 4 heteroatoms. The van der Waals surface area contributed by atoms with E-state index in [1.807, 2.05) is 13.8 Å². The molecule has 1 aliphatic rings. The summed E-state index contributed by atoms with van der Waals surface area (Å²) in [6, 6.07) is 0.354. The lowest BCUT2D eigenvalue weighted by Gasteiger charge is -2.37. The maximum atomic E-state index is 11.3. The van der Waals surface area contributed by atoms with Crippen LogP contribution in [0.2, 0.25) is 0 Å². The second-order valence-corrected chi connectivity index (χ2v) is 4.82. The lowest BCUT2D eigenvalue weighted by atomic mass is 9.90. The van der Waals surface area contributed by atoms with Crippen LogP contribution in [0.15, 0.2) is 0 Å². The minimum atomic E-state index is -0.722. The molecule has 0 spiro atoms. The molecule has 1 fully saturated rings. The predicted octanol–water partition coefficient (Wildman–Crippen LogP) is 1.31. The average molecular weight is 228 g/mol. The first-order valence-electron chi connectivity index (χ1n) is 6.23. The van der Waals surface area contributed by atoms with Crippen LogP contribution < -0.4 is 5.32 Å². The van der Waals surface area contributed by atoms with Gasteiger partial charge in [0.2, 0.25) is 0 Å². The smallest absolute Gasteiger partial charge is 0.323 e. The quantitative estimate of drug-likeness (QED) is 0.745. The molecule has 2 N–H and O–H groups in total. The van der Waals surface area contributed by atoms with E-state index in [1.54, 1.807) is 0 Å². The fraction of sp³-hybridized carbons (Fsp3) is 0.917. The molecular formula is C12H24N2O2. The second kappa shape index (κ2) is 5.64. The molecule has 1 rings (SSSR count). The molecule has 16 heavy (non-hydrogen) atoms. The zero-order valence-electron chi connectivity index (χ0n) is 10.6. The largest absolute Gasteiger partial charge is 0.480 e. The van der Waals surface area contributed by atoms with E-state index >= 15 is 0 Å². The van der Waals surface area contributed by atoms with Gasteiger partial charge in [-0.3, -0.25) is 10.1 Å². The molecule has 0 radical (unpaired) electrons. The van der Waals surface area contributed by atoms with Crippen LogP contribution in [-0.4, -0.2) is 47.7 Å². The summed E-state index contributed by atoms with van der Waals surface area (Å²) in [6.45, 7) is 6.00. The van der Waals surface area contributed by atoms with Crippen LogP contribution in [0.25, 0.3) is 0 Å². The predicted molar refractivity (Wildman–Crippen MR) is 64.6 cm³/mol. The molecule has 94 valence electrons. The number of hydrogen-bond acceptors (Lipinski definition) is 3. The van der Waals surface area contributed by atoms with Crippen LogP contribution in [0.4, 0.5) is 0 Å². The molecule has 0 atom stereocenters. The normalized spacial score (nSPS) is 19.9. The van der Waals surface area contributed by atoms with Crippen LogP contribution >= 0.6 is 0 Å². The fourth-order valence-corrected chi connectivity index (χ4v) is 2.36. The van der Waals surface area contributed by atoms with Crippen molar-refractivity contribution in [2.45, 2.75) is 51.1 Å². The van der Waals surface area contributed by atoms with Gasteiger partial charge in [-0.1, -0.05) is 13.8 Å². The average Bonchev–Trinajstić information content (AvgIpc) is 2.28. The number of carbonyl (C=O) groups is 1. The zero-order chi connectivity index (χ0) is 12.2. The summed E-state index contributed by atoms with van der Waals surface area (Å²) >= 11 is 0. The van der Waals surface area contributed by atoms with E-state index in [9.17, 15) is 9.90 Å². The molecule has 1 heterocycles. The summed E-state index contributed by atoms with van der Waals surface area (Å²) < 4.78 is 0. The number of piperidine rings is 1. The van der Waals surface area contributed by atoms with Gasteiger partial charge in [0.25, 0.3) is 0 Å². The Hall–Kier alpha value is -0.610. The fourth-order valence-electron chi connectivity index (χ4n) is 2.36. The van der Waals surface area contributed by atoms with Gasteiger partial charge < -0.3 is 10.0 Å². The molecule has 1 saturated heterocycles. The Morgan fingerprint density at radius 2 is 1.88 bits per heavy atom. The molecular weight excluding hydrogens is 204 g/mol. The maximum absolute atomic E-state index is 11.3. The first kappa shape index (κ1) is 13.5. The highest BCUT2D eigenvalue weighted by molar-refractivity contribution is 5.78. The SMILES string of the molecule is CCC(CC)(NC1CCN(C)CC1)C(=O)O. The molecule has 0 saturated carbocycles. The molecule has 0 bridgehead atoms. The number of rotatable bonds is 5. The Kier molecular flexibility index (Phi) is 4.74. The van der Waals surface area contributed by atoms with Crippen molar-refractivity contribution in [3.8, 4) is 0 Å². The van der Waals surface area contributed by atoms with E-state index in [0.29, 0.717) is 18.9 Å². The van der Waals surface area contributed by atoms with E-state index in [0.717, 1.165) is 25.9 Å². The van der Waals surface area contributed by atoms with Gasteiger partial charge in [-0.15, -0.1) is 0 Å². The Morgan fingerprint density at radius 1 is 1.38 bits per heavy atom. The highest BCUT2D eigenvalue weighted by Gasteiger charge is 2.37. The van der Waals surface area contributed by atoms with E-state index in [2.05, 4.69) is 17.3 Å². The number of hydrogen-bond donors (Lipinski definition) is 2. The summed E-state index contributed by atoms with van der Waals surface area (Å²) in [4.78, 5) is 13.6. The monoisotopic (exact) mass is 228 g/mol. The summed E-state index contributed by atoms with van der Waals surface area (Å²) in [7, 11) is 2.11. The third kappa shape index (κ3) is 2.95. The number of carboxylic acid groups (broad SMARTS) is 1. The van der Waals surface area contributed by atoms with Crippen molar-refractivity contribution in [3.63, 3.8) is 0 Å². The standard InChI is InChI=1S/C12H24N2O2/c1-4-12(5-2,11(15)16)13-10-6-8-14(3)9-7-10/h10,13H,4-9H2,1-3H3,(H,15,16). The molecule has 0 amide bonds. The van der Waals surface area contributed by atoms with E-state index in [1.165, 1.54) is 0 Å². The van der Waals surface area contributed by atoms with Gasteiger partial charge in [-0.05, 0) is 45.8 Å². The van der Waals surface area contributed by atoms with Crippen LogP contribution in [0.1, 0.15) is 39.5 Å². The Balaban J connectivity index is 2.58. The van der Waals surface area contributed by atoms with Crippen molar-refractivity contribution in [1.29, 1.82) is 0 Å². The molecule has 0 aromatic heterocycles. The highest BCUT2D eigenvalue weighted by Crippen LogP contribution is 2.20. The maximum Gasteiger partial charge on any atom is 0.323 e. The lowest BCUT2D eigenvalue weighted by Crippen LogP contribution is -2.57. The van der Waals surface area contributed by atoms with Crippen LogP contribution in [0.5, 0.6) is 0 Å². The van der Waals surface area contributed by atoms with E-state index in [-0.39, 0.29) is 0 Å². The molecule has 0 aromatic carbocycles. The number of aliphatic carboxylic acids is 1. The van der Waals surface area contributed by atoms with Gasteiger partial charge in [-0.25, -0.2) is 0 Å². The Morgan fingerprint density at radius 3 is 2.25 bits per heavy atom. The van der Waals surface area contributed by atoms with Crippen LogP contribution in [0, 0.1) is 0 Å². The molecule has 1 aliphatic heterocycles. The van der Waals surface area contributed by atoms with E-state index in [4.69, 9.17) is 0 Å². The number of likely N-dealkylation sites (tertiary alicyclic amines) is 1. The summed E-state index contributed by atoms with van der Waals surface area (Å²) in [5, 5.41) is 12.7. The topological polar surface area (TPSA) is 52.6 Å². The second-order valence-electron chi connectivity index (χ2n) is 4.82. The molecule has 0 unspecified atom stereocenters. The van der Waals surface area contributed by atoms with Crippen LogP contribution in [0.3, 0.4) is 0 Å². The van der Waals surface area contributed by atoms with Crippen molar-refractivity contribution in [3.05, 3.63) is 0 Å². The summed E-state index contributed by atoms with van der Waals surface area (Å²) in [5.74, 6) is -0.712. The van der Waals surface area contributed by atoms with Crippen molar-refractivity contribution < 1.29 is 9.90 Å². The van der Waals surface area contributed by atoms with Gasteiger partial charge in [0.1, 0.15) is 5.54 Å². The zero-order valence-corrected chi connectivity index (χ0v) is 10.6. The third-order valence-electron chi connectivity index (χ3n) is 3.82. The summed E-state index contributed by atoms with van der Waals surface area (Å²) in [5.41, 5.74) is -0.722. The number of nitrogens with zero attached hydrogens (tertiary/aromatic N) is 1. The summed E-state index contributed by atoms with van der Waals surface area (Å²) in [6.07, 6.45) is 3.38. The number of carboxylic acids is 1. The van der Waals surface area contributed by atoms with Gasteiger partial charge >= 0.3 is 5.97 Å². The third-order valence-corrected chi connectivity index (χ3v) is 3.82. The van der Waals surface area contributed by atoms with E-state index < -0.39 is 11.5 Å². The van der Waals surface area contributed by atoms with Gasteiger partial charge in [0.05, 0.1) is 0 Å². The van der Waals surface area contributed by atoms with Crippen molar-refractivity contribution in [1.82, 2.24) is 10.2 Å². The molecule has 4 nitrogen and oxygen atoms in total. The highest BCUT2D eigenvalue weighted by atomic mass is 16.4. The molecule has 0 aromatic rings. The Labute approximate surface area is 98.0 Å². The van der Waals surface area contributed by atoms with Gasteiger partial charge in [-0.2, -0.15) is 0 Å². The minimum Gasteiger partial charge on any atom is -0.480 e. The van der Waals surface area contributed by atoms with Crippen molar-refractivity contribution in [2.75, 3.05) is 20.1 Å². The van der Waals surface area contributed by atoms with Crippen molar-refractivity contribution in [2.24, 2.45) is 0 Å². The first-order valence-corrected chi connectivity index (χ1v) is 6.23.